The van der Waals surface area contributed by atoms with Gasteiger partial charge in [0.2, 0.25) is 11.8 Å². The Hall–Kier alpha value is -2.57. The zero-order valence-electron chi connectivity index (χ0n) is 24.2. The molecule has 2 atom stereocenters. The van der Waals surface area contributed by atoms with Crippen LogP contribution in [0.5, 0.6) is 0 Å². The number of nitrogens with one attached hydrogen (secondary N) is 2. The van der Waals surface area contributed by atoms with Crippen molar-refractivity contribution in [3.05, 3.63) is 34.9 Å². The number of aryl methyl sites for hydroxylation is 2. The summed E-state index contributed by atoms with van der Waals surface area (Å²) in [5.74, 6) is -0.355. The van der Waals surface area contributed by atoms with Gasteiger partial charge in [-0.25, -0.2) is 4.79 Å². The third-order valence-corrected chi connectivity index (χ3v) is 5.84. The van der Waals surface area contributed by atoms with Crippen molar-refractivity contribution in [1.29, 1.82) is 0 Å². The molecule has 0 spiro atoms. The Morgan fingerprint density at radius 1 is 1.03 bits per heavy atom. The molecule has 0 aliphatic rings. The SMILES string of the molecule is CCCCCNC(=O)C(c1cc(C)ccc1C)N(C(=O)C(CC(C)C)NC(=O)OC(C)(C)C)C(C)C. The summed E-state index contributed by atoms with van der Waals surface area (Å²) < 4.78 is 5.44. The maximum atomic E-state index is 14.1. The molecule has 0 radical (unpaired) electrons. The number of rotatable bonds is 12. The van der Waals surface area contributed by atoms with Crippen LogP contribution in [0.15, 0.2) is 18.2 Å². The molecular formula is C29H49N3O4. The first-order valence-corrected chi connectivity index (χ1v) is 13.3. The van der Waals surface area contributed by atoms with Crippen molar-refractivity contribution in [3.8, 4) is 0 Å². The van der Waals surface area contributed by atoms with Crippen LogP contribution in [-0.2, 0) is 14.3 Å². The third kappa shape index (κ3) is 10.2. The van der Waals surface area contributed by atoms with Crippen molar-refractivity contribution in [2.45, 2.75) is 119 Å². The van der Waals surface area contributed by atoms with Crippen molar-refractivity contribution >= 4 is 17.9 Å². The van der Waals surface area contributed by atoms with Gasteiger partial charge in [-0.1, -0.05) is 57.4 Å². The minimum Gasteiger partial charge on any atom is -0.444 e. The summed E-state index contributed by atoms with van der Waals surface area (Å²) in [5, 5.41) is 5.85. The molecule has 0 aromatic heterocycles. The molecule has 2 N–H and O–H groups in total. The highest BCUT2D eigenvalue weighted by Crippen LogP contribution is 2.29. The van der Waals surface area contributed by atoms with Crippen LogP contribution < -0.4 is 10.6 Å². The maximum absolute atomic E-state index is 14.1. The second-order valence-corrected chi connectivity index (χ2v) is 11.4. The lowest BCUT2D eigenvalue weighted by Gasteiger charge is -2.38. The standard InChI is InChI=1S/C29H49N3O4/c1-11-12-13-16-30-26(33)25(23-18-21(6)14-15-22(23)7)32(20(4)5)27(34)24(17-19(2)3)31-28(35)36-29(8,9)10/h14-15,18-20,24-25H,11-13,16-17H2,1-10H3,(H,30,33)(H,31,35). The number of unbranched alkanes of at least 4 members (excludes halogenated alkanes) is 2. The molecule has 1 rings (SSSR count). The molecule has 7 nitrogen and oxygen atoms in total. The van der Waals surface area contributed by atoms with E-state index in [1.54, 1.807) is 25.7 Å². The van der Waals surface area contributed by atoms with E-state index in [2.05, 4.69) is 17.6 Å². The first-order valence-electron chi connectivity index (χ1n) is 13.3. The van der Waals surface area contributed by atoms with Gasteiger partial charge in [0.05, 0.1) is 0 Å². The van der Waals surface area contributed by atoms with E-state index in [0.717, 1.165) is 36.0 Å². The van der Waals surface area contributed by atoms with Gasteiger partial charge < -0.3 is 20.3 Å². The van der Waals surface area contributed by atoms with Crippen LogP contribution in [0, 0.1) is 19.8 Å². The van der Waals surface area contributed by atoms with E-state index in [1.807, 2.05) is 59.7 Å². The Morgan fingerprint density at radius 2 is 1.67 bits per heavy atom. The van der Waals surface area contributed by atoms with Crippen molar-refractivity contribution < 1.29 is 19.1 Å². The topological polar surface area (TPSA) is 87.7 Å². The van der Waals surface area contributed by atoms with Gasteiger partial charge in [-0.15, -0.1) is 0 Å². The maximum Gasteiger partial charge on any atom is 0.408 e. The highest BCUT2D eigenvalue weighted by atomic mass is 16.6. The van der Waals surface area contributed by atoms with E-state index in [0.29, 0.717) is 13.0 Å². The first-order chi connectivity index (χ1) is 16.7. The highest BCUT2D eigenvalue weighted by molar-refractivity contribution is 5.92. The molecule has 3 amide bonds. The molecule has 0 saturated heterocycles. The molecule has 36 heavy (non-hydrogen) atoms. The lowest BCUT2D eigenvalue weighted by molar-refractivity contribution is -0.145. The van der Waals surface area contributed by atoms with E-state index >= 15 is 0 Å². The van der Waals surface area contributed by atoms with E-state index in [4.69, 9.17) is 4.74 Å². The Labute approximate surface area is 218 Å². The Kier molecular flexibility index (Phi) is 12.4. The number of hydrogen-bond acceptors (Lipinski definition) is 4. The summed E-state index contributed by atoms with van der Waals surface area (Å²) in [6.45, 7) is 19.8. The molecule has 0 saturated carbocycles. The lowest BCUT2D eigenvalue weighted by Crippen LogP contribution is -2.55. The fourth-order valence-corrected chi connectivity index (χ4v) is 4.16. The summed E-state index contributed by atoms with van der Waals surface area (Å²) in [4.78, 5) is 42.0. The fourth-order valence-electron chi connectivity index (χ4n) is 4.16. The number of alkyl carbamates (subject to hydrolysis) is 1. The molecule has 2 unspecified atom stereocenters. The van der Waals surface area contributed by atoms with Gasteiger partial charge >= 0.3 is 6.09 Å². The number of hydrogen-bond donors (Lipinski definition) is 2. The van der Waals surface area contributed by atoms with Gasteiger partial charge in [0, 0.05) is 12.6 Å². The summed E-state index contributed by atoms with van der Waals surface area (Å²) in [5.41, 5.74) is 2.06. The molecule has 0 aliphatic heterocycles. The largest absolute Gasteiger partial charge is 0.444 e. The summed E-state index contributed by atoms with van der Waals surface area (Å²) in [7, 11) is 0. The zero-order chi connectivity index (χ0) is 27.6. The summed E-state index contributed by atoms with van der Waals surface area (Å²) >= 11 is 0. The third-order valence-electron chi connectivity index (χ3n) is 5.84. The summed E-state index contributed by atoms with van der Waals surface area (Å²) in [6.07, 6.45) is 2.75. The number of benzene rings is 1. The Morgan fingerprint density at radius 3 is 2.19 bits per heavy atom. The van der Waals surface area contributed by atoms with Crippen molar-refractivity contribution in [2.75, 3.05) is 6.54 Å². The number of carbonyl (C=O) groups excluding carboxylic acids is 3. The van der Waals surface area contributed by atoms with Crippen molar-refractivity contribution in [2.24, 2.45) is 5.92 Å². The van der Waals surface area contributed by atoms with Crippen molar-refractivity contribution in [3.63, 3.8) is 0 Å². The van der Waals surface area contributed by atoms with E-state index in [9.17, 15) is 14.4 Å². The molecule has 1 aromatic carbocycles. The average Bonchev–Trinajstić information content (AvgIpc) is 2.74. The van der Waals surface area contributed by atoms with Crippen LogP contribution >= 0.6 is 0 Å². The van der Waals surface area contributed by atoms with Crippen LogP contribution in [-0.4, -0.2) is 47.0 Å². The number of ether oxygens (including phenoxy) is 1. The smallest absolute Gasteiger partial charge is 0.408 e. The van der Waals surface area contributed by atoms with Gasteiger partial charge in [-0.05, 0) is 78.4 Å². The van der Waals surface area contributed by atoms with E-state index in [-0.39, 0.29) is 23.8 Å². The highest BCUT2D eigenvalue weighted by Gasteiger charge is 2.38. The minimum atomic E-state index is -0.817. The van der Waals surface area contributed by atoms with Gasteiger partial charge in [0.1, 0.15) is 17.7 Å². The molecule has 7 heteroatoms. The molecular weight excluding hydrogens is 454 g/mol. The van der Waals surface area contributed by atoms with Crippen molar-refractivity contribution in [1.82, 2.24) is 15.5 Å². The monoisotopic (exact) mass is 503 g/mol. The average molecular weight is 504 g/mol. The zero-order valence-corrected chi connectivity index (χ0v) is 24.2. The molecule has 0 fully saturated rings. The second kappa shape index (κ2) is 14.2. The molecule has 1 aromatic rings. The van der Waals surface area contributed by atoms with Crippen LogP contribution in [0.2, 0.25) is 0 Å². The summed E-state index contributed by atoms with van der Waals surface area (Å²) in [6, 6.07) is 4.06. The molecule has 204 valence electrons. The minimum absolute atomic E-state index is 0.143. The lowest BCUT2D eigenvalue weighted by atomic mass is 9.94. The predicted molar refractivity (Wildman–Crippen MR) is 146 cm³/mol. The van der Waals surface area contributed by atoms with Gasteiger partial charge in [-0.3, -0.25) is 9.59 Å². The van der Waals surface area contributed by atoms with E-state index < -0.39 is 23.8 Å². The van der Waals surface area contributed by atoms with Crippen LogP contribution in [0.3, 0.4) is 0 Å². The second-order valence-electron chi connectivity index (χ2n) is 11.4. The van der Waals surface area contributed by atoms with Gasteiger partial charge in [0.25, 0.3) is 0 Å². The quantitative estimate of drug-likeness (QED) is 0.352. The predicted octanol–water partition coefficient (Wildman–Crippen LogP) is 5.83. The molecule has 0 bridgehead atoms. The van der Waals surface area contributed by atoms with Crippen LogP contribution in [0.4, 0.5) is 4.79 Å². The van der Waals surface area contributed by atoms with Gasteiger partial charge in [0.15, 0.2) is 0 Å². The van der Waals surface area contributed by atoms with Crippen LogP contribution in [0.25, 0.3) is 0 Å². The number of carbonyl (C=O) groups is 3. The van der Waals surface area contributed by atoms with Crippen LogP contribution in [0.1, 0.15) is 104 Å². The molecule has 0 aliphatic carbocycles. The Bertz CT molecular complexity index is 874. The normalized spacial score (nSPS) is 13.3. The Balaban J connectivity index is 3.47. The number of nitrogens with zero attached hydrogens (tertiary/aromatic N) is 1. The van der Waals surface area contributed by atoms with E-state index in [1.165, 1.54) is 0 Å². The molecule has 0 heterocycles. The number of amides is 3. The fraction of sp³-hybridized carbons (Fsp3) is 0.690. The van der Waals surface area contributed by atoms with Gasteiger partial charge in [-0.2, -0.15) is 0 Å². The first kappa shape index (κ1) is 31.5.